The van der Waals surface area contributed by atoms with Crippen LogP contribution in [0.25, 0.3) is 0 Å². The number of benzene rings is 1. The van der Waals surface area contributed by atoms with Gasteiger partial charge in [0.05, 0.1) is 6.10 Å². The van der Waals surface area contributed by atoms with Gasteiger partial charge >= 0.3 is 0 Å². The van der Waals surface area contributed by atoms with E-state index >= 15 is 0 Å². The number of aliphatic hydroxyl groups is 1. The van der Waals surface area contributed by atoms with Gasteiger partial charge < -0.3 is 5.11 Å². The van der Waals surface area contributed by atoms with E-state index in [1.807, 2.05) is 13.0 Å². The molecular formula is C14H13F2NO. The van der Waals surface area contributed by atoms with Crippen molar-refractivity contribution in [3.05, 3.63) is 65.0 Å². The fourth-order valence-electron chi connectivity index (χ4n) is 1.77. The molecule has 18 heavy (non-hydrogen) atoms. The van der Waals surface area contributed by atoms with Gasteiger partial charge in [0, 0.05) is 18.8 Å². The molecule has 1 atom stereocenters. The number of aryl methyl sites for hydroxylation is 1. The summed E-state index contributed by atoms with van der Waals surface area (Å²) < 4.78 is 25.8. The number of hydrogen-bond acceptors (Lipinski definition) is 2. The predicted octanol–water partition coefficient (Wildman–Crippen LogP) is 2.94. The summed E-state index contributed by atoms with van der Waals surface area (Å²) in [6, 6.07) is 5.44. The maximum atomic E-state index is 13.0. The molecule has 1 aromatic carbocycles. The molecule has 0 saturated carbocycles. The topological polar surface area (TPSA) is 33.1 Å². The summed E-state index contributed by atoms with van der Waals surface area (Å²) in [6.07, 6.45) is 2.70. The Kier molecular flexibility index (Phi) is 3.67. The molecular weight excluding hydrogens is 236 g/mol. The smallest absolute Gasteiger partial charge is 0.159 e. The van der Waals surface area contributed by atoms with Crippen LogP contribution in [0, 0.1) is 18.6 Å². The van der Waals surface area contributed by atoms with Crippen molar-refractivity contribution >= 4 is 0 Å². The van der Waals surface area contributed by atoms with Crippen LogP contribution in [0.5, 0.6) is 0 Å². The molecule has 0 aliphatic rings. The number of rotatable bonds is 3. The van der Waals surface area contributed by atoms with Crippen LogP contribution in [0.15, 0.2) is 36.7 Å². The van der Waals surface area contributed by atoms with Crippen molar-refractivity contribution in [2.45, 2.75) is 19.4 Å². The maximum Gasteiger partial charge on any atom is 0.159 e. The van der Waals surface area contributed by atoms with Gasteiger partial charge in [0.1, 0.15) is 0 Å². The fraction of sp³-hybridized carbons (Fsp3) is 0.214. The number of nitrogens with zero attached hydrogens (tertiary/aromatic N) is 1. The number of pyridine rings is 1. The molecule has 0 radical (unpaired) electrons. The molecule has 1 N–H and O–H groups in total. The number of aliphatic hydroxyl groups excluding tert-OH is 1. The van der Waals surface area contributed by atoms with Gasteiger partial charge in [-0.05, 0) is 35.7 Å². The minimum Gasteiger partial charge on any atom is -0.388 e. The lowest BCUT2D eigenvalue weighted by Gasteiger charge is -2.11. The van der Waals surface area contributed by atoms with Gasteiger partial charge in [-0.3, -0.25) is 4.98 Å². The second-order valence-electron chi connectivity index (χ2n) is 4.26. The highest BCUT2D eigenvalue weighted by Crippen LogP contribution is 2.19. The second kappa shape index (κ2) is 5.23. The zero-order chi connectivity index (χ0) is 13.1. The quantitative estimate of drug-likeness (QED) is 0.907. The zero-order valence-electron chi connectivity index (χ0n) is 9.90. The number of hydrogen-bond donors (Lipinski definition) is 1. The average Bonchev–Trinajstić information content (AvgIpc) is 2.34. The van der Waals surface area contributed by atoms with Gasteiger partial charge in [-0.15, -0.1) is 0 Å². The number of aromatic nitrogens is 1. The molecule has 0 aliphatic carbocycles. The Bertz CT molecular complexity index is 557. The highest BCUT2D eigenvalue weighted by atomic mass is 19.2. The van der Waals surface area contributed by atoms with Crippen molar-refractivity contribution in [2.75, 3.05) is 0 Å². The summed E-state index contributed by atoms with van der Waals surface area (Å²) in [4.78, 5) is 3.98. The van der Waals surface area contributed by atoms with Crippen LogP contribution in [-0.2, 0) is 6.42 Å². The third-order valence-electron chi connectivity index (χ3n) is 2.69. The summed E-state index contributed by atoms with van der Waals surface area (Å²) in [5, 5.41) is 10.0. The molecule has 1 heterocycles. The van der Waals surface area contributed by atoms with E-state index in [9.17, 15) is 13.9 Å². The SMILES string of the molecule is Cc1cncc(C(O)Cc2ccc(F)c(F)c2)c1. The Morgan fingerprint density at radius 1 is 1.17 bits per heavy atom. The van der Waals surface area contributed by atoms with Gasteiger partial charge in [0.15, 0.2) is 11.6 Å². The Morgan fingerprint density at radius 3 is 2.61 bits per heavy atom. The first-order valence-corrected chi connectivity index (χ1v) is 5.60. The minimum atomic E-state index is -0.901. The molecule has 0 bridgehead atoms. The lowest BCUT2D eigenvalue weighted by molar-refractivity contribution is 0.178. The van der Waals surface area contributed by atoms with Crippen molar-refractivity contribution in [1.29, 1.82) is 0 Å². The molecule has 2 nitrogen and oxygen atoms in total. The molecule has 0 saturated heterocycles. The summed E-state index contributed by atoms with van der Waals surface area (Å²) in [5.41, 5.74) is 2.15. The molecule has 0 fully saturated rings. The van der Waals surface area contributed by atoms with Gasteiger partial charge in [-0.2, -0.15) is 0 Å². The minimum absolute atomic E-state index is 0.225. The van der Waals surface area contributed by atoms with Crippen LogP contribution in [0.4, 0.5) is 8.78 Å². The Balaban J connectivity index is 2.16. The summed E-state index contributed by atoms with van der Waals surface area (Å²) in [6.45, 7) is 1.88. The van der Waals surface area contributed by atoms with Crippen molar-refractivity contribution in [2.24, 2.45) is 0 Å². The monoisotopic (exact) mass is 249 g/mol. The Morgan fingerprint density at radius 2 is 1.94 bits per heavy atom. The third kappa shape index (κ3) is 2.90. The third-order valence-corrected chi connectivity index (χ3v) is 2.69. The lowest BCUT2D eigenvalue weighted by atomic mass is 10.0. The maximum absolute atomic E-state index is 13.0. The summed E-state index contributed by atoms with van der Waals surface area (Å²) in [5.74, 6) is -1.78. The van der Waals surface area contributed by atoms with E-state index < -0.39 is 17.7 Å². The second-order valence-corrected chi connectivity index (χ2v) is 4.26. The van der Waals surface area contributed by atoms with Gasteiger partial charge in [0.25, 0.3) is 0 Å². The first-order valence-electron chi connectivity index (χ1n) is 5.60. The zero-order valence-corrected chi connectivity index (χ0v) is 9.90. The molecule has 2 aromatic rings. The molecule has 94 valence electrons. The molecule has 4 heteroatoms. The van der Waals surface area contributed by atoms with Crippen LogP contribution in [0.3, 0.4) is 0 Å². The standard InChI is InChI=1S/C14H13F2NO/c1-9-4-11(8-17-7-9)14(18)6-10-2-3-12(15)13(16)5-10/h2-5,7-8,14,18H,6H2,1H3. The predicted molar refractivity (Wildman–Crippen MR) is 64.0 cm³/mol. The van der Waals surface area contributed by atoms with E-state index in [0.29, 0.717) is 11.1 Å². The lowest BCUT2D eigenvalue weighted by Crippen LogP contribution is -2.03. The summed E-state index contributed by atoms with van der Waals surface area (Å²) in [7, 11) is 0. The Labute approximate surface area is 104 Å². The molecule has 2 rings (SSSR count). The van der Waals surface area contributed by atoms with Crippen molar-refractivity contribution in [1.82, 2.24) is 4.98 Å². The highest BCUT2D eigenvalue weighted by molar-refractivity contribution is 5.23. The van der Waals surface area contributed by atoms with E-state index in [4.69, 9.17) is 0 Å². The van der Waals surface area contributed by atoms with E-state index in [1.165, 1.54) is 6.07 Å². The van der Waals surface area contributed by atoms with Gasteiger partial charge in [-0.1, -0.05) is 12.1 Å². The molecule has 0 aliphatic heterocycles. The first-order chi connectivity index (χ1) is 8.56. The van der Waals surface area contributed by atoms with Gasteiger partial charge in [0.2, 0.25) is 0 Å². The molecule has 0 amide bonds. The average molecular weight is 249 g/mol. The molecule has 0 spiro atoms. The first kappa shape index (κ1) is 12.6. The normalized spacial score (nSPS) is 12.4. The van der Waals surface area contributed by atoms with Crippen LogP contribution < -0.4 is 0 Å². The largest absolute Gasteiger partial charge is 0.388 e. The van der Waals surface area contributed by atoms with Crippen LogP contribution in [0.1, 0.15) is 22.8 Å². The van der Waals surface area contributed by atoms with Crippen molar-refractivity contribution in [3.8, 4) is 0 Å². The van der Waals surface area contributed by atoms with E-state index in [0.717, 1.165) is 17.7 Å². The van der Waals surface area contributed by atoms with E-state index in [-0.39, 0.29) is 6.42 Å². The van der Waals surface area contributed by atoms with Crippen LogP contribution in [0.2, 0.25) is 0 Å². The van der Waals surface area contributed by atoms with Crippen molar-refractivity contribution in [3.63, 3.8) is 0 Å². The fourth-order valence-corrected chi connectivity index (χ4v) is 1.77. The molecule has 1 unspecified atom stereocenters. The Hall–Kier alpha value is -1.81. The van der Waals surface area contributed by atoms with Crippen molar-refractivity contribution < 1.29 is 13.9 Å². The van der Waals surface area contributed by atoms with Crippen LogP contribution in [-0.4, -0.2) is 10.1 Å². The van der Waals surface area contributed by atoms with Gasteiger partial charge in [-0.25, -0.2) is 8.78 Å². The van der Waals surface area contributed by atoms with E-state index in [2.05, 4.69) is 4.98 Å². The highest BCUT2D eigenvalue weighted by Gasteiger charge is 2.11. The van der Waals surface area contributed by atoms with E-state index in [1.54, 1.807) is 12.4 Å². The molecule has 1 aromatic heterocycles. The number of halogens is 2. The summed E-state index contributed by atoms with van der Waals surface area (Å²) >= 11 is 0. The van der Waals surface area contributed by atoms with Crippen LogP contribution >= 0.6 is 0 Å².